The maximum Gasteiger partial charge on any atom is 0.327 e. The van der Waals surface area contributed by atoms with E-state index in [2.05, 4.69) is 28.6 Å². The third-order valence-electron chi connectivity index (χ3n) is 4.23. The van der Waals surface area contributed by atoms with E-state index in [1.807, 2.05) is 0 Å². The number of thiol groups is 1. The summed E-state index contributed by atoms with van der Waals surface area (Å²) in [6.45, 7) is 1.40. The number of benzene rings is 1. The van der Waals surface area contributed by atoms with E-state index in [1.165, 1.54) is 31.2 Å². The molecule has 3 amide bonds. The van der Waals surface area contributed by atoms with Gasteiger partial charge in [-0.2, -0.15) is 12.6 Å². The van der Waals surface area contributed by atoms with E-state index in [1.54, 1.807) is 0 Å². The van der Waals surface area contributed by atoms with Crippen LogP contribution in [0.3, 0.4) is 0 Å². The summed E-state index contributed by atoms with van der Waals surface area (Å²) in [5, 5.41) is 34.3. The van der Waals surface area contributed by atoms with Gasteiger partial charge in [0.05, 0.1) is 12.5 Å². The van der Waals surface area contributed by atoms with Crippen LogP contribution in [0.25, 0.3) is 0 Å². The van der Waals surface area contributed by atoms with Gasteiger partial charge in [0, 0.05) is 12.2 Å². The van der Waals surface area contributed by atoms with E-state index in [0.717, 1.165) is 0 Å². The van der Waals surface area contributed by atoms with Crippen LogP contribution in [0.1, 0.15) is 18.9 Å². The van der Waals surface area contributed by atoms with Crippen LogP contribution in [-0.4, -0.2) is 74.9 Å². The molecule has 0 saturated heterocycles. The van der Waals surface area contributed by atoms with E-state index in [0.29, 0.717) is 5.56 Å². The summed E-state index contributed by atoms with van der Waals surface area (Å²) in [6.07, 6.45) is -0.885. The lowest BCUT2D eigenvalue weighted by Crippen LogP contribution is -2.58. The van der Waals surface area contributed by atoms with Crippen LogP contribution < -0.4 is 21.7 Å². The summed E-state index contributed by atoms with van der Waals surface area (Å²) in [6, 6.07) is 0.584. The third kappa shape index (κ3) is 8.81. The quantitative estimate of drug-likeness (QED) is 0.162. The molecule has 1 aromatic rings. The van der Waals surface area contributed by atoms with Crippen molar-refractivity contribution in [1.82, 2.24) is 16.0 Å². The van der Waals surface area contributed by atoms with Crippen LogP contribution in [0, 0.1) is 0 Å². The number of nitrogens with one attached hydrogen (secondary N) is 3. The van der Waals surface area contributed by atoms with Crippen molar-refractivity contribution in [2.45, 2.75) is 43.9 Å². The van der Waals surface area contributed by atoms with Gasteiger partial charge < -0.3 is 37.0 Å². The number of aliphatic carboxylic acids is 2. The first-order valence-corrected chi connectivity index (χ1v) is 10.1. The Bertz CT molecular complexity index is 846. The van der Waals surface area contributed by atoms with Gasteiger partial charge in [-0.05, 0) is 24.6 Å². The first kappa shape index (κ1) is 26.7. The molecule has 1 rings (SSSR count). The van der Waals surface area contributed by atoms with E-state index < -0.39 is 60.2 Å². The Morgan fingerprint density at radius 3 is 1.88 bits per heavy atom. The number of rotatable bonds is 12. The normalized spacial score (nSPS) is 14.3. The molecular weight excluding hydrogens is 444 g/mol. The summed E-state index contributed by atoms with van der Waals surface area (Å²) in [7, 11) is 0. The van der Waals surface area contributed by atoms with Gasteiger partial charge in [0.2, 0.25) is 17.7 Å². The summed E-state index contributed by atoms with van der Waals surface area (Å²) in [5.74, 6) is -5.66. The predicted molar refractivity (Wildman–Crippen MR) is 115 cm³/mol. The minimum absolute atomic E-state index is 0.00950. The number of carboxylic acids is 2. The van der Waals surface area contributed by atoms with Crippen molar-refractivity contribution in [3.8, 4) is 5.75 Å². The lowest BCUT2D eigenvalue weighted by molar-refractivity contribution is -0.143. The number of carbonyl (C=O) groups excluding carboxylic acids is 3. The zero-order chi connectivity index (χ0) is 24.4. The van der Waals surface area contributed by atoms with Crippen LogP contribution in [0.2, 0.25) is 0 Å². The minimum atomic E-state index is -1.61. The summed E-state index contributed by atoms with van der Waals surface area (Å²) < 4.78 is 0. The summed E-state index contributed by atoms with van der Waals surface area (Å²) in [4.78, 5) is 59.6. The number of hydrogen-bond donors (Lipinski definition) is 8. The molecule has 176 valence electrons. The van der Waals surface area contributed by atoms with Crippen LogP contribution >= 0.6 is 12.6 Å². The van der Waals surface area contributed by atoms with Crippen molar-refractivity contribution in [3.63, 3.8) is 0 Å². The second-order valence-corrected chi connectivity index (χ2v) is 7.33. The molecule has 1 aromatic carbocycles. The van der Waals surface area contributed by atoms with Gasteiger partial charge in [-0.1, -0.05) is 12.1 Å². The van der Waals surface area contributed by atoms with E-state index in [4.69, 9.17) is 15.9 Å². The first-order valence-electron chi connectivity index (χ1n) is 9.44. The maximum absolute atomic E-state index is 12.8. The van der Waals surface area contributed by atoms with Gasteiger partial charge in [0.1, 0.15) is 23.9 Å². The standard InChI is InChI=1S/C19H26N4O8S/c1-9(20)16(27)21-12(6-10-2-4-11(24)5-3-10)17(28)22-13(7-15(25)26)18(29)23-14(8-32)19(30)31/h2-5,9,12-14,24,32H,6-8,20H2,1H3,(H,21,27)(H,22,28)(H,23,29)(H,25,26)(H,30,31). The Labute approximate surface area is 189 Å². The van der Waals surface area contributed by atoms with Crippen molar-refractivity contribution in [1.29, 1.82) is 0 Å². The summed E-state index contributed by atoms with van der Waals surface area (Å²) >= 11 is 3.81. The zero-order valence-electron chi connectivity index (χ0n) is 17.1. The highest BCUT2D eigenvalue weighted by molar-refractivity contribution is 7.80. The van der Waals surface area contributed by atoms with Gasteiger partial charge in [0.15, 0.2) is 0 Å². The lowest BCUT2D eigenvalue weighted by Gasteiger charge is -2.24. The monoisotopic (exact) mass is 470 g/mol. The van der Waals surface area contributed by atoms with Crippen molar-refractivity contribution in [2.24, 2.45) is 5.73 Å². The fraction of sp³-hybridized carbons (Fsp3) is 0.421. The SMILES string of the molecule is CC(N)C(=O)NC(Cc1ccc(O)cc1)C(=O)NC(CC(=O)O)C(=O)NC(CS)C(=O)O. The molecule has 0 aromatic heterocycles. The number of amides is 3. The van der Waals surface area contributed by atoms with Crippen molar-refractivity contribution < 1.29 is 39.3 Å². The zero-order valence-corrected chi connectivity index (χ0v) is 18.0. The fourth-order valence-electron chi connectivity index (χ4n) is 2.49. The number of hydrogen-bond acceptors (Lipinski definition) is 8. The van der Waals surface area contributed by atoms with Gasteiger partial charge in [-0.25, -0.2) is 4.79 Å². The molecule has 0 spiro atoms. The number of carboxylic acid groups (broad SMARTS) is 2. The Hall–Kier alpha value is -3.32. The third-order valence-corrected chi connectivity index (χ3v) is 4.60. The molecule has 0 aliphatic heterocycles. The van der Waals surface area contributed by atoms with Crippen LogP contribution in [0.15, 0.2) is 24.3 Å². The lowest BCUT2D eigenvalue weighted by atomic mass is 10.0. The molecule has 0 radical (unpaired) electrons. The smallest absolute Gasteiger partial charge is 0.327 e. The van der Waals surface area contributed by atoms with Crippen molar-refractivity contribution >= 4 is 42.3 Å². The van der Waals surface area contributed by atoms with Crippen LogP contribution in [0.5, 0.6) is 5.75 Å². The molecule has 0 saturated carbocycles. The van der Waals surface area contributed by atoms with Gasteiger partial charge in [-0.15, -0.1) is 0 Å². The summed E-state index contributed by atoms with van der Waals surface area (Å²) in [5.41, 5.74) is 6.08. The van der Waals surface area contributed by atoms with Gasteiger partial charge in [-0.3, -0.25) is 19.2 Å². The molecule has 0 aliphatic rings. The Morgan fingerprint density at radius 1 is 0.906 bits per heavy atom. The van der Waals surface area contributed by atoms with Gasteiger partial charge in [0.25, 0.3) is 0 Å². The largest absolute Gasteiger partial charge is 0.508 e. The number of aromatic hydroxyl groups is 1. The molecule has 32 heavy (non-hydrogen) atoms. The number of nitrogens with two attached hydrogens (primary N) is 1. The highest BCUT2D eigenvalue weighted by Gasteiger charge is 2.31. The average molecular weight is 471 g/mol. The molecule has 0 aliphatic carbocycles. The highest BCUT2D eigenvalue weighted by Crippen LogP contribution is 2.12. The Kier molecular flexibility index (Phi) is 10.4. The molecule has 4 atom stereocenters. The topological polar surface area (TPSA) is 208 Å². The maximum atomic E-state index is 12.8. The van der Waals surface area contributed by atoms with E-state index in [9.17, 15) is 29.1 Å². The average Bonchev–Trinajstić information content (AvgIpc) is 2.71. The van der Waals surface area contributed by atoms with E-state index >= 15 is 0 Å². The molecule has 13 heteroatoms. The second kappa shape index (κ2) is 12.5. The minimum Gasteiger partial charge on any atom is -0.508 e. The highest BCUT2D eigenvalue weighted by atomic mass is 32.1. The van der Waals surface area contributed by atoms with Gasteiger partial charge >= 0.3 is 11.9 Å². The number of carbonyl (C=O) groups is 5. The molecule has 0 heterocycles. The Balaban J connectivity index is 3.07. The molecule has 0 fully saturated rings. The number of phenols is 1. The molecule has 12 nitrogen and oxygen atoms in total. The Morgan fingerprint density at radius 2 is 1.41 bits per heavy atom. The van der Waals surface area contributed by atoms with Crippen LogP contribution in [0.4, 0.5) is 0 Å². The molecule has 0 bridgehead atoms. The molecular formula is C19H26N4O8S. The fourth-order valence-corrected chi connectivity index (χ4v) is 2.74. The second-order valence-electron chi connectivity index (χ2n) is 6.96. The van der Waals surface area contributed by atoms with E-state index in [-0.39, 0.29) is 17.9 Å². The molecule has 8 N–H and O–H groups in total. The van der Waals surface area contributed by atoms with Crippen LogP contribution in [-0.2, 0) is 30.4 Å². The number of phenolic OH excluding ortho intramolecular Hbond substituents is 1. The van der Waals surface area contributed by atoms with Crippen molar-refractivity contribution in [2.75, 3.05) is 5.75 Å². The molecule has 4 unspecified atom stereocenters. The first-order chi connectivity index (χ1) is 14.9. The predicted octanol–water partition coefficient (Wildman–Crippen LogP) is -1.77. The van der Waals surface area contributed by atoms with Crippen molar-refractivity contribution in [3.05, 3.63) is 29.8 Å².